The zero-order valence-electron chi connectivity index (χ0n) is 11.7. The fourth-order valence-corrected chi connectivity index (χ4v) is 2.54. The summed E-state index contributed by atoms with van der Waals surface area (Å²) in [6.07, 6.45) is 0. The van der Waals surface area contributed by atoms with Crippen LogP contribution in [0.5, 0.6) is 0 Å². The van der Waals surface area contributed by atoms with Crippen LogP contribution < -0.4 is 10.2 Å². The third-order valence-corrected chi connectivity index (χ3v) is 3.51. The number of hydrogen-bond donors (Lipinski definition) is 2. The van der Waals surface area contributed by atoms with Gasteiger partial charge in [-0.05, 0) is 23.0 Å². The minimum Gasteiger partial charge on any atom is -0.354 e. The van der Waals surface area contributed by atoms with Crippen molar-refractivity contribution in [2.45, 2.75) is 39.5 Å². The van der Waals surface area contributed by atoms with E-state index in [9.17, 15) is 0 Å². The molecule has 0 spiro atoms. The lowest BCUT2D eigenvalue weighted by Gasteiger charge is -2.27. The van der Waals surface area contributed by atoms with Gasteiger partial charge in [-0.1, -0.05) is 45.9 Å². The maximum absolute atomic E-state index is 8.03. The second kappa shape index (κ2) is 5.01. The van der Waals surface area contributed by atoms with E-state index in [0.29, 0.717) is 17.8 Å². The molecule has 0 atom stereocenters. The van der Waals surface area contributed by atoms with Crippen LogP contribution in [0.1, 0.15) is 50.7 Å². The molecule has 98 valence electrons. The molecule has 0 amide bonds. The van der Waals surface area contributed by atoms with Crippen molar-refractivity contribution in [2.75, 3.05) is 18.0 Å². The number of anilines is 1. The molecule has 0 radical (unpaired) electrons. The van der Waals surface area contributed by atoms with E-state index in [0.717, 1.165) is 13.1 Å². The van der Waals surface area contributed by atoms with Crippen molar-refractivity contribution in [3.8, 4) is 0 Å². The van der Waals surface area contributed by atoms with Crippen molar-refractivity contribution in [1.29, 1.82) is 5.41 Å². The fourth-order valence-electron chi connectivity index (χ4n) is 2.54. The summed E-state index contributed by atoms with van der Waals surface area (Å²) in [5.74, 6) is 1.49. The molecular formula is C15H23N3. The van der Waals surface area contributed by atoms with Crippen molar-refractivity contribution < 1.29 is 0 Å². The number of guanidine groups is 1. The minimum atomic E-state index is 0.479. The molecule has 0 bridgehead atoms. The number of rotatable bonds is 3. The van der Waals surface area contributed by atoms with Crippen LogP contribution in [0.25, 0.3) is 0 Å². The summed E-state index contributed by atoms with van der Waals surface area (Å²) in [5, 5.41) is 11.1. The Morgan fingerprint density at radius 2 is 1.67 bits per heavy atom. The molecule has 18 heavy (non-hydrogen) atoms. The molecule has 1 fully saturated rings. The van der Waals surface area contributed by atoms with Gasteiger partial charge in [-0.2, -0.15) is 0 Å². The Hall–Kier alpha value is -1.51. The molecule has 3 heteroatoms. The molecule has 2 N–H and O–H groups in total. The van der Waals surface area contributed by atoms with E-state index >= 15 is 0 Å². The summed E-state index contributed by atoms with van der Waals surface area (Å²) in [4.78, 5) is 2.12. The first-order valence-electron chi connectivity index (χ1n) is 6.75. The number of hydrogen-bond acceptors (Lipinski definition) is 1. The Morgan fingerprint density at radius 1 is 1.11 bits per heavy atom. The maximum atomic E-state index is 8.03. The number of benzene rings is 1. The van der Waals surface area contributed by atoms with Crippen molar-refractivity contribution in [1.82, 2.24) is 5.32 Å². The predicted octanol–water partition coefficient (Wildman–Crippen LogP) is 3.28. The van der Waals surface area contributed by atoms with Crippen LogP contribution in [0.4, 0.5) is 5.69 Å². The molecule has 0 saturated carbocycles. The van der Waals surface area contributed by atoms with Gasteiger partial charge in [0.2, 0.25) is 0 Å². The van der Waals surface area contributed by atoms with Crippen molar-refractivity contribution in [3.63, 3.8) is 0 Å². The summed E-state index contributed by atoms with van der Waals surface area (Å²) >= 11 is 0. The number of para-hydroxylation sites is 1. The Labute approximate surface area is 110 Å². The number of nitrogens with one attached hydrogen (secondary N) is 2. The van der Waals surface area contributed by atoms with E-state index in [2.05, 4.69) is 56.1 Å². The summed E-state index contributed by atoms with van der Waals surface area (Å²) < 4.78 is 0. The molecule has 1 aliphatic rings. The Kier molecular flexibility index (Phi) is 3.60. The van der Waals surface area contributed by atoms with E-state index < -0.39 is 0 Å². The van der Waals surface area contributed by atoms with Gasteiger partial charge < -0.3 is 10.2 Å². The minimum absolute atomic E-state index is 0.479. The van der Waals surface area contributed by atoms with Crippen LogP contribution >= 0.6 is 0 Å². The first kappa shape index (κ1) is 12.9. The van der Waals surface area contributed by atoms with Crippen molar-refractivity contribution >= 4 is 11.6 Å². The van der Waals surface area contributed by atoms with E-state index in [4.69, 9.17) is 5.41 Å². The van der Waals surface area contributed by atoms with E-state index in [1.165, 1.54) is 16.8 Å². The average Bonchev–Trinajstić information content (AvgIpc) is 2.74. The van der Waals surface area contributed by atoms with E-state index in [1.807, 2.05) is 0 Å². The van der Waals surface area contributed by atoms with Crippen LogP contribution in [0.15, 0.2) is 18.2 Å². The normalized spacial score (nSPS) is 15.7. The molecule has 1 aromatic carbocycles. The Balaban J connectivity index is 2.56. The van der Waals surface area contributed by atoms with Gasteiger partial charge in [0.25, 0.3) is 0 Å². The lowest BCUT2D eigenvalue weighted by molar-refractivity contribution is 0.824. The molecule has 0 aromatic heterocycles. The first-order chi connectivity index (χ1) is 8.52. The largest absolute Gasteiger partial charge is 0.354 e. The van der Waals surface area contributed by atoms with Crippen LogP contribution in [0.3, 0.4) is 0 Å². The molecule has 1 saturated heterocycles. The van der Waals surface area contributed by atoms with Gasteiger partial charge in [0.05, 0.1) is 5.69 Å². The number of nitrogens with zero attached hydrogens (tertiary/aromatic N) is 1. The van der Waals surface area contributed by atoms with Gasteiger partial charge in [-0.3, -0.25) is 5.41 Å². The molecular weight excluding hydrogens is 222 g/mol. The molecule has 0 aliphatic carbocycles. The highest BCUT2D eigenvalue weighted by Crippen LogP contribution is 2.35. The second-order valence-electron chi connectivity index (χ2n) is 5.52. The van der Waals surface area contributed by atoms with Crippen molar-refractivity contribution in [3.05, 3.63) is 29.3 Å². The topological polar surface area (TPSA) is 39.1 Å². The van der Waals surface area contributed by atoms with Gasteiger partial charge in [0, 0.05) is 13.1 Å². The SMILES string of the molecule is CC(C)c1cccc(C(C)C)c1N1CCNC1=N. The summed E-state index contributed by atoms with van der Waals surface area (Å²) in [6.45, 7) is 10.6. The second-order valence-corrected chi connectivity index (χ2v) is 5.52. The predicted molar refractivity (Wildman–Crippen MR) is 77.7 cm³/mol. The zero-order chi connectivity index (χ0) is 13.3. The third-order valence-electron chi connectivity index (χ3n) is 3.51. The lowest BCUT2D eigenvalue weighted by Crippen LogP contribution is -2.30. The summed E-state index contributed by atoms with van der Waals surface area (Å²) in [7, 11) is 0. The van der Waals surface area contributed by atoms with Gasteiger partial charge in [0.15, 0.2) is 5.96 Å². The molecule has 1 heterocycles. The average molecular weight is 245 g/mol. The standard InChI is InChI=1S/C15H23N3/c1-10(2)12-6-5-7-13(11(3)4)14(12)18-9-8-17-15(18)16/h5-7,10-11H,8-9H2,1-4H3,(H2,16,17). The smallest absolute Gasteiger partial charge is 0.195 e. The lowest BCUT2D eigenvalue weighted by atomic mass is 9.92. The van der Waals surface area contributed by atoms with E-state index in [1.54, 1.807) is 0 Å². The molecule has 2 rings (SSSR count). The zero-order valence-corrected chi connectivity index (χ0v) is 11.7. The summed E-state index contributed by atoms with van der Waals surface area (Å²) in [5.41, 5.74) is 3.93. The Morgan fingerprint density at radius 3 is 2.06 bits per heavy atom. The maximum Gasteiger partial charge on any atom is 0.195 e. The van der Waals surface area contributed by atoms with Crippen LogP contribution in [-0.4, -0.2) is 19.0 Å². The Bertz CT molecular complexity index is 423. The molecule has 3 nitrogen and oxygen atoms in total. The highest BCUT2D eigenvalue weighted by molar-refractivity contribution is 5.97. The van der Waals surface area contributed by atoms with Gasteiger partial charge in [-0.15, -0.1) is 0 Å². The monoisotopic (exact) mass is 245 g/mol. The van der Waals surface area contributed by atoms with Crippen molar-refractivity contribution in [2.24, 2.45) is 0 Å². The van der Waals surface area contributed by atoms with Crippen LogP contribution in [0.2, 0.25) is 0 Å². The van der Waals surface area contributed by atoms with Gasteiger partial charge in [-0.25, -0.2) is 0 Å². The van der Waals surface area contributed by atoms with Gasteiger partial charge in [0.1, 0.15) is 0 Å². The highest BCUT2D eigenvalue weighted by atomic mass is 15.3. The van der Waals surface area contributed by atoms with Crippen LogP contribution in [0, 0.1) is 5.41 Å². The third kappa shape index (κ3) is 2.22. The van der Waals surface area contributed by atoms with Crippen LogP contribution in [-0.2, 0) is 0 Å². The molecule has 1 aromatic rings. The molecule has 1 aliphatic heterocycles. The highest BCUT2D eigenvalue weighted by Gasteiger charge is 2.25. The van der Waals surface area contributed by atoms with E-state index in [-0.39, 0.29) is 0 Å². The van der Waals surface area contributed by atoms with Gasteiger partial charge >= 0.3 is 0 Å². The first-order valence-corrected chi connectivity index (χ1v) is 6.75. The quantitative estimate of drug-likeness (QED) is 0.858. The fraction of sp³-hybridized carbons (Fsp3) is 0.533. The summed E-state index contributed by atoms with van der Waals surface area (Å²) in [6, 6.07) is 6.52. The molecule has 0 unspecified atom stereocenters.